The number of aromatic nitrogens is 6. The van der Waals surface area contributed by atoms with Gasteiger partial charge in [0, 0.05) is 44.3 Å². The molecule has 0 spiro atoms. The van der Waals surface area contributed by atoms with Crippen LogP contribution in [0.25, 0.3) is 11.2 Å². The van der Waals surface area contributed by atoms with Crippen LogP contribution in [0.1, 0.15) is 23.4 Å². The second kappa shape index (κ2) is 9.62. The molecular weight excluding hydrogens is 438 g/mol. The second-order valence-corrected chi connectivity index (χ2v) is 9.09. The average molecular weight is 466 g/mol. The first kappa shape index (κ1) is 22.8. The monoisotopic (exact) mass is 465 g/mol. The molecule has 4 aromatic rings. The highest BCUT2D eigenvalue weighted by molar-refractivity contribution is 7.99. The van der Waals surface area contributed by atoms with Crippen molar-refractivity contribution in [3.63, 3.8) is 0 Å². The summed E-state index contributed by atoms with van der Waals surface area (Å²) < 4.78 is 3.28. The number of fused-ring (bicyclic) bond motifs is 1. The maximum absolute atomic E-state index is 12.7. The summed E-state index contributed by atoms with van der Waals surface area (Å²) in [7, 11) is 3.56. The molecule has 0 saturated carbocycles. The standard InChI is InChI=1S/C23H27N7O2S/c1-15-13-16(2)25-21(24-15)33-12-8-11-30-18-19(29(4)23(32)27-20(18)31)26-22(30)28(3)14-17-9-6-5-7-10-17/h5-7,9-10,13H,8,11-12,14H2,1-4H3,(H,27,31,32). The minimum absolute atomic E-state index is 0.379. The Balaban J connectivity index is 1.61. The van der Waals surface area contributed by atoms with Gasteiger partial charge in [0.25, 0.3) is 5.56 Å². The fraction of sp³-hybridized carbons (Fsp3) is 0.348. The maximum atomic E-state index is 12.7. The molecule has 172 valence electrons. The Kier molecular flexibility index (Phi) is 6.64. The van der Waals surface area contributed by atoms with Gasteiger partial charge in [-0.3, -0.25) is 14.3 Å². The van der Waals surface area contributed by atoms with Crippen LogP contribution in [-0.4, -0.2) is 41.9 Å². The SMILES string of the molecule is Cc1cc(C)nc(SCCCn2c(N(C)Cc3ccccc3)nc3c2c(=O)[nH]c(=O)n3C)n1. The minimum atomic E-state index is -0.475. The molecule has 10 heteroatoms. The molecule has 3 heterocycles. The number of nitrogens with zero attached hydrogens (tertiary/aromatic N) is 6. The van der Waals surface area contributed by atoms with Gasteiger partial charge in [-0.05, 0) is 31.9 Å². The molecule has 0 aliphatic rings. The lowest BCUT2D eigenvalue weighted by molar-refractivity contribution is 0.679. The van der Waals surface area contributed by atoms with Gasteiger partial charge in [-0.1, -0.05) is 42.1 Å². The third kappa shape index (κ3) is 5.00. The minimum Gasteiger partial charge on any atom is -0.341 e. The number of hydrogen-bond acceptors (Lipinski definition) is 7. The highest BCUT2D eigenvalue weighted by atomic mass is 32.2. The highest BCUT2D eigenvalue weighted by Crippen LogP contribution is 2.22. The Morgan fingerprint density at radius 3 is 2.45 bits per heavy atom. The Morgan fingerprint density at radius 1 is 1.06 bits per heavy atom. The maximum Gasteiger partial charge on any atom is 0.329 e. The summed E-state index contributed by atoms with van der Waals surface area (Å²) in [5, 5.41) is 0.754. The number of benzene rings is 1. The van der Waals surface area contributed by atoms with Gasteiger partial charge in [0.15, 0.2) is 16.3 Å². The van der Waals surface area contributed by atoms with Crippen molar-refractivity contribution in [1.82, 2.24) is 29.1 Å². The summed E-state index contributed by atoms with van der Waals surface area (Å²) in [6.07, 6.45) is 0.779. The molecule has 0 aliphatic heterocycles. The first-order chi connectivity index (χ1) is 15.8. The Hall–Kier alpha value is -3.40. The smallest absolute Gasteiger partial charge is 0.329 e. The van der Waals surface area contributed by atoms with E-state index in [-0.39, 0.29) is 0 Å². The molecule has 0 radical (unpaired) electrons. The van der Waals surface area contributed by atoms with Gasteiger partial charge in [-0.15, -0.1) is 0 Å². The van der Waals surface area contributed by atoms with Crippen molar-refractivity contribution in [2.45, 2.75) is 38.5 Å². The fourth-order valence-electron chi connectivity index (χ4n) is 3.80. The summed E-state index contributed by atoms with van der Waals surface area (Å²) in [6.45, 7) is 5.12. The van der Waals surface area contributed by atoms with Gasteiger partial charge in [-0.2, -0.15) is 4.98 Å². The van der Waals surface area contributed by atoms with E-state index in [9.17, 15) is 9.59 Å². The second-order valence-electron chi connectivity index (χ2n) is 8.03. The van der Waals surface area contributed by atoms with Crippen molar-refractivity contribution in [1.29, 1.82) is 0 Å². The molecule has 9 nitrogen and oxygen atoms in total. The molecule has 1 N–H and O–H groups in total. The van der Waals surface area contributed by atoms with Crippen molar-refractivity contribution >= 4 is 28.9 Å². The van der Waals surface area contributed by atoms with E-state index in [0.717, 1.165) is 34.3 Å². The summed E-state index contributed by atoms with van der Waals surface area (Å²) in [5.74, 6) is 1.43. The van der Waals surface area contributed by atoms with Gasteiger partial charge >= 0.3 is 5.69 Å². The van der Waals surface area contributed by atoms with Gasteiger partial charge < -0.3 is 9.47 Å². The van der Waals surface area contributed by atoms with Gasteiger partial charge in [-0.25, -0.2) is 14.8 Å². The van der Waals surface area contributed by atoms with Gasteiger partial charge in [0.05, 0.1) is 0 Å². The molecule has 0 fully saturated rings. The Morgan fingerprint density at radius 2 is 1.76 bits per heavy atom. The average Bonchev–Trinajstić information content (AvgIpc) is 3.15. The number of H-pyrrole nitrogens is 1. The number of aromatic amines is 1. The van der Waals surface area contributed by atoms with Crippen LogP contribution in [0.4, 0.5) is 5.95 Å². The van der Waals surface area contributed by atoms with Crippen molar-refractivity contribution < 1.29 is 0 Å². The first-order valence-electron chi connectivity index (χ1n) is 10.7. The molecule has 3 aromatic heterocycles. The van der Waals surface area contributed by atoms with E-state index in [1.54, 1.807) is 18.8 Å². The van der Waals surface area contributed by atoms with E-state index in [2.05, 4.69) is 15.0 Å². The number of aryl methyl sites for hydroxylation is 4. The highest BCUT2D eigenvalue weighted by Gasteiger charge is 2.20. The Labute approximate surface area is 195 Å². The van der Waals surface area contributed by atoms with Crippen LogP contribution in [0.3, 0.4) is 0 Å². The number of thioether (sulfide) groups is 1. The third-order valence-electron chi connectivity index (χ3n) is 5.31. The molecule has 0 bridgehead atoms. The van der Waals surface area contributed by atoms with Crippen LogP contribution in [0.2, 0.25) is 0 Å². The van der Waals surface area contributed by atoms with Crippen molar-refractivity contribution in [2.24, 2.45) is 7.05 Å². The van der Waals surface area contributed by atoms with Gasteiger partial charge in [0.2, 0.25) is 5.95 Å². The Bertz CT molecular complexity index is 1370. The zero-order valence-electron chi connectivity index (χ0n) is 19.2. The van der Waals surface area contributed by atoms with Crippen LogP contribution < -0.4 is 16.1 Å². The van der Waals surface area contributed by atoms with Crippen LogP contribution in [0.15, 0.2) is 51.1 Å². The normalized spacial score (nSPS) is 11.3. The van der Waals surface area contributed by atoms with Crippen LogP contribution in [-0.2, 0) is 20.1 Å². The third-order valence-corrected chi connectivity index (χ3v) is 6.24. The number of hydrogen-bond donors (Lipinski definition) is 1. The van der Waals surface area contributed by atoms with E-state index in [1.807, 2.05) is 66.8 Å². The van der Waals surface area contributed by atoms with E-state index < -0.39 is 11.2 Å². The number of imidazole rings is 1. The topological polar surface area (TPSA) is 102 Å². The molecule has 4 rings (SSSR count). The largest absolute Gasteiger partial charge is 0.341 e. The molecule has 0 atom stereocenters. The van der Waals surface area contributed by atoms with Crippen LogP contribution in [0, 0.1) is 13.8 Å². The molecule has 0 amide bonds. The lowest BCUT2D eigenvalue weighted by Crippen LogP contribution is -2.29. The van der Waals surface area contributed by atoms with Crippen molar-refractivity contribution in [3.05, 3.63) is 74.2 Å². The predicted octanol–water partition coefficient (Wildman–Crippen LogP) is 2.65. The van der Waals surface area contributed by atoms with Gasteiger partial charge in [0.1, 0.15) is 0 Å². The van der Waals surface area contributed by atoms with E-state index >= 15 is 0 Å². The predicted molar refractivity (Wildman–Crippen MR) is 131 cm³/mol. The van der Waals surface area contributed by atoms with Crippen LogP contribution >= 0.6 is 11.8 Å². The number of rotatable bonds is 8. The van der Waals surface area contributed by atoms with E-state index in [0.29, 0.717) is 30.2 Å². The molecular formula is C23H27N7O2S. The lowest BCUT2D eigenvalue weighted by atomic mass is 10.2. The van der Waals surface area contributed by atoms with E-state index in [4.69, 9.17) is 4.98 Å². The summed E-state index contributed by atoms with van der Waals surface area (Å²) >= 11 is 1.59. The quantitative estimate of drug-likeness (QED) is 0.242. The lowest BCUT2D eigenvalue weighted by Gasteiger charge is -2.20. The van der Waals surface area contributed by atoms with Crippen molar-refractivity contribution in [2.75, 3.05) is 17.7 Å². The molecule has 1 aromatic carbocycles. The molecule has 33 heavy (non-hydrogen) atoms. The molecule has 0 unspecified atom stereocenters. The van der Waals surface area contributed by atoms with Crippen LogP contribution in [0.5, 0.6) is 0 Å². The van der Waals surface area contributed by atoms with Crippen molar-refractivity contribution in [3.8, 4) is 0 Å². The summed E-state index contributed by atoms with van der Waals surface area (Å²) in [6, 6.07) is 12.0. The van der Waals surface area contributed by atoms with E-state index in [1.165, 1.54) is 4.57 Å². The fourth-order valence-corrected chi connectivity index (χ4v) is 4.67. The number of anilines is 1. The summed E-state index contributed by atoms with van der Waals surface area (Å²) in [4.78, 5) is 42.9. The summed E-state index contributed by atoms with van der Waals surface area (Å²) in [5.41, 5.74) is 2.90. The number of nitrogens with one attached hydrogen (secondary N) is 1. The molecule has 0 aliphatic carbocycles. The first-order valence-corrected chi connectivity index (χ1v) is 11.7. The zero-order chi connectivity index (χ0) is 23.5. The zero-order valence-corrected chi connectivity index (χ0v) is 20.0. The molecule has 0 saturated heterocycles.